The topological polar surface area (TPSA) is 110 Å². The molecule has 29 heavy (non-hydrogen) atoms. The molecule has 9 heteroatoms. The van der Waals surface area contributed by atoms with E-state index < -0.39 is 24.0 Å². The Kier molecular flexibility index (Phi) is 6.88. The van der Waals surface area contributed by atoms with Crippen molar-refractivity contribution in [2.75, 3.05) is 12.4 Å². The van der Waals surface area contributed by atoms with Gasteiger partial charge in [-0.1, -0.05) is 42.1 Å². The molecule has 1 fully saturated rings. The lowest BCUT2D eigenvalue weighted by atomic mass is 10.00. The number of carbonyl (C=O) groups excluding carboxylic acids is 2. The molecule has 0 radical (unpaired) electrons. The highest BCUT2D eigenvalue weighted by Gasteiger charge is 2.35. The molecule has 1 aliphatic rings. The van der Waals surface area contributed by atoms with Crippen LogP contribution in [0.5, 0.6) is 0 Å². The molecule has 1 saturated carbocycles. The number of nitriles is 1. The highest BCUT2D eigenvalue weighted by atomic mass is 32.2. The molecule has 0 aliphatic heterocycles. The molecule has 0 spiro atoms. The fraction of sp³-hybridized carbons (Fsp3) is 0.450. The molecule has 152 valence electrons. The molecular formula is C20H23N5O3S. The second-order valence-electron chi connectivity index (χ2n) is 7.00. The molecule has 8 nitrogen and oxygen atoms in total. The van der Waals surface area contributed by atoms with E-state index in [9.17, 15) is 14.9 Å². The van der Waals surface area contributed by atoms with Crippen LogP contribution in [0.4, 0.5) is 0 Å². The van der Waals surface area contributed by atoms with Crippen LogP contribution in [-0.2, 0) is 20.9 Å². The van der Waals surface area contributed by atoms with Crippen molar-refractivity contribution >= 4 is 23.6 Å². The SMILES string of the molecule is Cc1nnc(SCC(=O)OCC(=O)NC2(C#N)CCCC2)n1Cc1ccccc1. The maximum atomic E-state index is 12.0. The molecule has 1 aromatic carbocycles. The zero-order valence-electron chi connectivity index (χ0n) is 16.3. The summed E-state index contributed by atoms with van der Waals surface area (Å²) in [6.45, 7) is 2.07. The maximum Gasteiger partial charge on any atom is 0.316 e. The monoisotopic (exact) mass is 413 g/mol. The summed E-state index contributed by atoms with van der Waals surface area (Å²) in [4.78, 5) is 24.1. The summed E-state index contributed by atoms with van der Waals surface area (Å²) in [5, 5.41) is 20.8. The van der Waals surface area contributed by atoms with Gasteiger partial charge in [-0.3, -0.25) is 9.59 Å². The van der Waals surface area contributed by atoms with Crippen LogP contribution in [0, 0.1) is 18.3 Å². The lowest BCUT2D eigenvalue weighted by Gasteiger charge is -2.21. The van der Waals surface area contributed by atoms with E-state index in [0.29, 0.717) is 24.5 Å². The van der Waals surface area contributed by atoms with Gasteiger partial charge in [0.25, 0.3) is 5.91 Å². The molecule has 1 aliphatic carbocycles. The summed E-state index contributed by atoms with van der Waals surface area (Å²) in [5.74, 6) is -0.198. The number of nitrogens with zero attached hydrogens (tertiary/aromatic N) is 4. The maximum absolute atomic E-state index is 12.0. The van der Waals surface area contributed by atoms with E-state index >= 15 is 0 Å². The van der Waals surface area contributed by atoms with Crippen molar-refractivity contribution in [3.05, 3.63) is 41.7 Å². The van der Waals surface area contributed by atoms with Gasteiger partial charge in [-0.25, -0.2) is 0 Å². The standard InChI is InChI=1S/C20H23N5O3S/c1-15-23-24-19(25(15)11-16-7-3-2-4-8-16)29-13-18(27)28-12-17(26)22-20(14-21)9-5-6-10-20/h2-4,7-8H,5-6,9-13H2,1H3,(H,22,26). The van der Waals surface area contributed by atoms with Crippen molar-refractivity contribution in [2.45, 2.75) is 49.8 Å². The molecular weight excluding hydrogens is 390 g/mol. The van der Waals surface area contributed by atoms with E-state index in [2.05, 4.69) is 21.6 Å². The number of hydrogen-bond donors (Lipinski definition) is 1. The number of esters is 1. The van der Waals surface area contributed by atoms with Crippen molar-refractivity contribution in [3.8, 4) is 6.07 Å². The van der Waals surface area contributed by atoms with Gasteiger partial charge in [-0.15, -0.1) is 10.2 Å². The second kappa shape index (κ2) is 9.56. The van der Waals surface area contributed by atoms with Crippen LogP contribution in [0.3, 0.4) is 0 Å². The number of carbonyl (C=O) groups is 2. The van der Waals surface area contributed by atoms with Gasteiger partial charge in [-0.05, 0) is 38.2 Å². The fourth-order valence-corrected chi connectivity index (χ4v) is 4.06. The Labute approximate surface area is 173 Å². The Morgan fingerprint density at radius 2 is 2.00 bits per heavy atom. The number of thioether (sulfide) groups is 1. The van der Waals surface area contributed by atoms with Gasteiger partial charge in [0.05, 0.1) is 18.4 Å². The Morgan fingerprint density at radius 3 is 2.69 bits per heavy atom. The van der Waals surface area contributed by atoms with E-state index in [-0.39, 0.29) is 5.75 Å². The third kappa shape index (κ3) is 5.57. The fourth-order valence-electron chi connectivity index (χ4n) is 3.27. The van der Waals surface area contributed by atoms with E-state index in [1.165, 1.54) is 11.8 Å². The summed E-state index contributed by atoms with van der Waals surface area (Å²) in [6.07, 6.45) is 3.09. The summed E-state index contributed by atoms with van der Waals surface area (Å²) in [6, 6.07) is 12.1. The molecule has 3 rings (SSSR count). The molecule has 2 aromatic rings. The Balaban J connectivity index is 1.47. The highest BCUT2D eigenvalue weighted by Crippen LogP contribution is 2.28. The van der Waals surface area contributed by atoms with Crippen molar-refractivity contribution in [2.24, 2.45) is 0 Å². The average molecular weight is 414 g/mol. The number of benzene rings is 1. The number of amides is 1. The predicted octanol–water partition coefficient (Wildman–Crippen LogP) is 2.22. The Hall–Kier alpha value is -2.86. The highest BCUT2D eigenvalue weighted by molar-refractivity contribution is 7.99. The van der Waals surface area contributed by atoms with E-state index in [4.69, 9.17) is 4.74 Å². The number of hydrogen-bond acceptors (Lipinski definition) is 7. The lowest BCUT2D eigenvalue weighted by Crippen LogP contribution is -2.46. The number of aromatic nitrogens is 3. The van der Waals surface area contributed by atoms with Gasteiger partial charge in [0.15, 0.2) is 11.8 Å². The van der Waals surface area contributed by atoms with Gasteiger partial charge >= 0.3 is 5.97 Å². The Morgan fingerprint density at radius 1 is 1.28 bits per heavy atom. The first kappa shape index (κ1) is 20.9. The molecule has 0 atom stereocenters. The zero-order chi connectivity index (χ0) is 20.7. The summed E-state index contributed by atoms with van der Waals surface area (Å²) >= 11 is 1.21. The van der Waals surface area contributed by atoms with Crippen LogP contribution in [0.2, 0.25) is 0 Å². The largest absolute Gasteiger partial charge is 0.455 e. The lowest BCUT2D eigenvalue weighted by molar-refractivity contribution is -0.146. The van der Waals surface area contributed by atoms with Gasteiger partial charge in [0.1, 0.15) is 11.4 Å². The Bertz CT molecular complexity index is 901. The number of ether oxygens (including phenoxy) is 1. The van der Waals surface area contributed by atoms with Crippen LogP contribution in [0.1, 0.15) is 37.1 Å². The van der Waals surface area contributed by atoms with Crippen LogP contribution in [0.15, 0.2) is 35.5 Å². The first-order valence-corrected chi connectivity index (χ1v) is 10.4. The van der Waals surface area contributed by atoms with Crippen LogP contribution < -0.4 is 5.32 Å². The van der Waals surface area contributed by atoms with Gasteiger partial charge in [-0.2, -0.15) is 5.26 Å². The van der Waals surface area contributed by atoms with Gasteiger partial charge in [0, 0.05) is 0 Å². The third-order valence-corrected chi connectivity index (χ3v) is 5.76. The van der Waals surface area contributed by atoms with Gasteiger partial charge < -0.3 is 14.6 Å². The quantitative estimate of drug-likeness (QED) is 0.522. The van der Waals surface area contributed by atoms with Crippen LogP contribution >= 0.6 is 11.8 Å². The molecule has 1 aromatic heterocycles. The summed E-state index contributed by atoms with van der Waals surface area (Å²) in [5.41, 5.74) is 0.290. The van der Waals surface area contributed by atoms with Crippen molar-refractivity contribution < 1.29 is 14.3 Å². The molecule has 1 amide bonds. The summed E-state index contributed by atoms with van der Waals surface area (Å²) in [7, 11) is 0. The first-order valence-electron chi connectivity index (χ1n) is 9.46. The van der Waals surface area contributed by atoms with Crippen molar-refractivity contribution in [1.29, 1.82) is 5.26 Å². The van der Waals surface area contributed by atoms with E-state index in [1.807, 2.05) is 41.8 Å². The number of nitrogens with one attached hydrogen (secondary N) is 1. The van der Waals surface area contributed by atoms with Crippen LogP contribution in [0.25, 0.3) is 0 Å². The van der Waals surface area contributed by atoms with Gasteiger partial charge in [0.2, 0.25) is 0 Å². The summed E-state index contributed by atoms with van der Waals surface area (Å²) < 4.78 is 6.98. The smallest absolute Gasteiger partial charge is 0.316 e. The molecule has 0 unspecified atom stereocenters. The van der Waals surface area contributed by atoms with Crippen molar-refractivity contribution in [1.82, 2.24) is 20.1 Å². The first-order chi connectivity index (χ1) is 14.0. The molecule has 1 heterocycles. The normalized spacial score (nSPS) is 14.9. The minimum absolute atomic E-state index is 0.0175. The zero-order valence-corrected chi connectivity index (χ0v) is 17.1. The predicted molar refractivity (Wildman–Crippen MR) is 107 cm³/mol. The van der Waals surface area contributed by atoms with E-state index in [1.54, 1.807) is 0 Å². The van der Waals surface area contributed by atoms with Crippen molar-refractivity contribution in [3.63, 3.8) is 0 Å². The minimum atomic E-state index is -0.816. The average Bonchev–Trinajstić information content (AvgIpc) is 3.33. The second-order valence-corrected chi connectivity index (χ2v) is 7.94. The number of rotatable bonds is 8. The molecule has 0 saturated heterocycles. The number of aryl methyl sites for hydroxylation is 1. The minimum Gasteiger partial charge on any atom is -0.455 e. The van der Waals surface area contributed by atoms with E-state index in [0.717, 1.165) is 24.2 Å². The molecule has 1 N–H and O–H groups in total. The molecule has 0 bridgehead atoms. The third-order valence-electron chi connectivity index (χ3n) is 4.82. The van der Waals surface area contributed by atoms with Crippen LogP contribution in [-0.4, -0.2) is 44.5 Å².